The van der Waals surface area contributed by atoms with Crippen molar-refractivity contribution in [3.05, 3.63) is 34.9 Å². The summed E-state index contributed by atoms with van der Waals surface area (Å²) in [7, 11) is 0. The van der Waals surface area contributed by atoms with Crippen LogP contribution in [0.2, 0.25) is 5.02 Å². The predicted octanol–water partition coefficient (Wildman–Crippen LogP) is 4.15. The van der Waals surface area contributed by atoms with Crippen LogP contribution >= 0.6 is 11.6 Å². The summed E-state index contributed by atoms with van der Waals surface area (Å²) < 4.78 is 6.73. The number of benzene rings is 1. The predicted molar refractivity (Wildman–Crippen MR) is 126 cm³/mol. The Morgan fingerprint density at radius 2 is 1.75 bits per heavy atom. The van der Waals surface area contributed by atoms with Gasteiger partial charge in [-0.1, -0.05) is 23.7 Å². The summed E-state index contributed by atoms with van der Waals surface area (Å²) in [5.41, 5.74) is 0.743. The zero-order chi connectivity index (χ0) is 23.0. The smallest absolute Gasteiger partial charge is 0.408 e. The van der Waals surface area contributed by atoms with Crippen molar-refractivity contribution in [2.45, 2.75) is 76.5 Å². The number of hydrogen-bond acceptors (Lipinski definition) is 3. The van der Waals surface area contributed by atoms with Gasteiger partial charge in [0, 0.05) is 37.4 Å². The lowest BCUT2D eigenvalue weighted by Crippen LogP contribution is -2.54. The molecular weight excluding hydrogens is 426 g/mol. The first-order chi connectivity index (χ1) is 15.1. The summed E-state index contributed by atoms with van der Waals surface area (Å²) in [5, 5.41) is 3.49. The van der Waals surface area contributed by atoms with E-state index in [1.807, 2.05) is 49.9 Å². The van der Waals surface area contributed by atoms with Gasteiger partial charge in [-0.25, -0.2) is 4.79 Å². The molecule has 2 spiro atoms. The highest BCUT2D eigenvalue weighted by molar-refractivity contribution is 6.30. The van der Waals surface area contributed by atoms with Gasteiger partial charge >= 0.3 is 6.09 Å². The molecule has 3 fully saturated rings. The number of quaternary nitrogens is 1. The molecule has 0 radical (unpaired) electrons. The minimum Gasteiger partial charge on any atom is -0.444 e. The molecule has 2 amide bonds. The number of ether oxygens (including phenoxy) is 1. The number of amides is 2. The van der Waals surface area contributed by atoms with Gasteiger partial charge in [0.05, 0.1) is 13.1 Å². The highest BCUT2D eigenvalue weighted by Crippen LogP contribution is 2.52. The van der Waals surface area contributed by atoms with Crippen LogP contribution in [0.15, 0.2) is 24.3 Å². The van der Waals surface area contributed by atoms with E-state index in [0.717, 1.165) is 31.5 Å². The first-order valence-corrected chi connectivity index (χ1v) is 12.4. The Balaban J connectivity index is 1.41. The second-order valence-electron chi connectivity index (χ2n) is 10.9. The van der Waals surface area contributed by atoms with E-state index in [0.29, 0.717) is 17.0 Å². The van der Waals surface area contributed by atoms with E-state index in [1.54, 1.807) is 0 Å². The van der Waals surface area contributed by atoms with E-state index in [2.05, 4.69) is 5.32 Å². The maximum Gasteiger partial charge on any atom is 0.408 e. The summed E-state index contributed by atoms with van der Waals surface area (Å²) in [6, 6.07) is 6.77. The fourth-order valence-electron chi connectivity index (χ4n) is 5.78. The molecule has 3 aliphatic heterocycles. The second-order valence-corrected chi connectivity index (χ2v) is 11.3. The van der Waals surface area contributed by atoms with E-state index in [9.17, 15) is 9.59 Å². The average molecular weight is 463 g/mol. The molecular formula is C25H37ClN3O3+. The molecule has 3 saturated heterocycles. The van der Waals surface area contributed by atoms with Gasteiger partial charge in [-0.05, 0) is 57.7 Å². The Hall–Kier alpha value is -1.79. The Morgan fingerprint density at radius 3 is 2.34 bits per heavy atom. The maximum atomic E-state index is 13.5. The Bertz CT molecular complexity index is 835. The third kappa shape index (κ3) is 5.07. The standard InChI is InChI=1S/C25H36ClN3O3/c1-24(2,3)32-23(31)27-21(17-19-7-9-20(26)10-8-19)22(30)28-13-11-25(12-14-28)18-29(25)15-5-4-6-16-29/h7-10,21H,4-6,11-18H2,1-3H3/p+1. The summed E-state index contributed by atoms with van der Waals surface area (Å²) in [6.45, 7) is 10.9. The minimum absolute atomic E-state index is 0.0218. The van der Waals surface area contributed by atoms with Crippen LogP contribution in [-0.4, -0.2) is 71.3 Å². The molecule has 4 rings (SSSR count). The quantitative estimate of drug-likeness (QED) is 0.540. The Morgan fingerprint density at radius 1 is 1.12 bits per heavy atom. The number of hydrogen-bond donors (Lipinski definition) is 1. The lowest BCUT2D eigenvalue weighted by Gasteiger charge is -2.37. The molecule has 3 heterocycles. The highest BCUT2D eigenvalue weighted by Gasteiger charge is 2.69. The number of carbonyl (C=O) groups is 2. The van der Waals surface area contributed by atoms with Crippen LogP contribution in [0.3, 0.4) is 0 Å². The largest absolute Gasteiger partial charge is 0.444 e. The Kier molecular flexibility index (Phi) is 6.47. The number of carbonyl (C=O) groups excluding carboxylic acids is 2. The third-order valence-corrected chi connectivity index (χ3v) is 7.77. The number of rotatable bonds is 4. The number of likely N-dealkylation sites (tertiary alicyclic amines) is 1. The molecule has 6 nitrogen and oxygen atoms in total. The van der Waals surface area contributed by atoms with E-state index in [4.69, 9.17) is 16.3 Å². The summed E-state index contributed by atoms with van der Waals surface area (Å²) in [4.78, 5) is 27.9. The monoisotopic (exact) mass is 462 g/mol. The first-order valence-electron chi connectivity index (χ1n) is 12.0. The van der Waals surface area contributed by atoms with Gasteiger partial charge < -0.3 is 19.4 Å². The van der Waals surface area contributed by atoms with Crippen LogP contribution in [0.25, 0.3) is 0 Å². The van der Waals surface area contributed by atoms with Crippen molar-refractivity contribution in [3.8, 4) is 0 Å². The van der Waals surface area contributed by atoms with Crippen molar-refractivity contribution in [2.24, 2.45) is 0 Å². The molecule has 7 heteroatoms. The molecule has 176 valence electrons. The van der Waals surface area contributed by atoms with Gasteiger partial charge in [-0.3, -0.25) is 4.79 Å². The van der Waals surface area contributed by atoms with E-state index < -0.39 is 17.7 Å². The van der Waals surface area contributed by atoms with Crippen LogP contribution in [0.5, 0.6) is 0 Å². The normalized spacial score (nSPS) is 22.4. The number of fused-ring (bicyclic) bond motifs is 1. The van der Waals surface area contributed by atoms with E-state index >= 15 is 0 Å². The van der Waals surface area contributed by atoms with Crippen molar-refractivity contribution in [3.63, 3.8) is 0 Å². The number of alkyl carbamates (subject to hydrolysis) is 1. The number of nitrogens with one attached hydrogen (secondary N) is 1. The molecule has 1 N–H and O–H groups in total. The van der Waals surface area contributed by atoms with E-state index in [1.165, 1.54) is 43.4 Å². The number of nitrogens with zero attached hydrogens (tertiary/aromatic N) is 2. The SMILES string of the molecule is CC(C)(C)OC(=O)NC(Cc1ccc(Cl)cc1)C(=O)N1CCC2(CC1)C[N+]21CCCCC1. The topological polar surface area (TPSA) is 58.6 Å². The molecule has 0 saturated carbocycles. The lowest BCUT2D eigenvalue weighted by atomic mass is 9.94. The molecule has 0 aliphatic carbocycles. The van der Waals surface area contributed by atoms with Gasteiger partial charge in [0.25, 0.3) is 0 Å². The third-order valence-electron chi connectivity index (χ3n) is 7.52. The highest BCUT2D eigenvalue weighted by atomic mass is 35.5. The molecule has 0 bridgehead atoms. The van der Waals surface area contributed by atoms with Crippen molar-refractivity contribution in [1.82, 2.24) is 10.2 Å². The molecule has 1 aromatic carbocycles. The lowest BCUT2D eigenvalue weighted by molar-refractivity contribution is -0.836. The molecule has 1 unspecified atom stereocenters. The maximum absolute atomic E-state index is 13.5. The summed E-state index contributed by atoms with van der Waals surface area (Å²) >= 11 is 6.02. The second kappa shape index (κ2) is 8.86. The van der Waals surface area contributed by atoms with Gasteiger partial charge in [0.2, 0.25) is 5.91 Å². The molecule has 1 atom stereocenters. The van der Waals surface area contributed by atoms with Crippen LogP contribution in [0, 0.1) is 0 Å². The van der Waals surface area contributed by atoms with Crippen LogP contribution in [0.4, 0.5) is 4.79 Å². The number of piperidine rings is 2. The van der Waals surface area contributed by atoms with E-state index in [-0.39, 0.29) is 5.91 Å². The molecule has 0 aromatic heterocycles. The fraction of sp³-hybridized carbons (Fsp3) is 0.680. The van der Waals surface area contributed by atoms with Gasteiger partial charge in [0.15, 0.2) is 5.54 Å². The zero-order valence-electron chi connectivity index (χ0n) is 19.7. The molecule has 3 aliphatic rings. The molecule has 1 aromatic rings. The van der Waals surface area contributed by atoms with Crippen molar-refractivity contribution in [1.29, 1.82) is 0 Å². The zero-order valence-corrected chi connectivity index (χ0v) is 20.4. The number of halogens is 1. The van der Waals surface area contributed by atoms with Crippen LogP contribution < -0.4 is 5.32 Å². The van der Waals surface area contributed by atoms with Gasteiger partial charge in [0.1, 0.15) is 18.2 Å². The van der Waals surface area contributed by atoms with Gasteiger partial charge in [-0.2, -0.15) is 0 Å². The average Bonchev–Trinajstić information content (AvgIpc) is 3.31. The van der Waals surface area contributed by atoms with Crippen molar-refractivity contribution >= 4 is 23.6 Å². The van der Waals surface area contributed by atoms with Crippen LogP contribution in [-0.2, 0) is 16.0 Å². The summed E-state index contributed by atoms with van der Waals surface area (Å²) in [6.07, 6.45) is 6.04. The Labute approximate surface area is 196 Å². The van der Waals surface area contributed by atoms with Crippen molar-refractivity contribution in [2.75, 3.05) is 32.7 Å². The fourth-order valence-corrected chi connectivity index (χ4v) is 5.91. The van der Waals surface area contributed by atoms with Crippen molar-refractivity contribution < 1.29 is 18.8 Å². The van der Waals surface area contributed by atoms with Gasteiger partial charge in [-0.15, -0.1) is 0 Å². The summed E-state index contributed by atoms with van der Waals surface area (Å²) in [5.74, 6) is -0.0218. The van der Waals surface area contributed by atoms with Crippen LogP contribution in [0.1, 0.15) is 58.4 Å². The molecule has 32 heavy (non-hydrogen) atoms. The minimum atomic E-state index is -0.655. The first kappa shape index (κ1) is 23.4.